The van der Waals surface area contributed by atoms with Crippen molar-refractivity contribution in [3.8, 4) is 5.75 Å². The van der Waals surface area contributed by atoms with Gasteiger partial charge in [0.05, 0.1) is 18.4 Å². The predicted molar refractivity (Wildman–Crippen MR) is 118 cm³/mol. The molecule has 0 aliphatic carbocycles. The first kappa shape index (κ1) is 20.0. The number of amides is 1. The van der Waals surface area contributed by atoms with Crippen molar-refractivity contribution in [2.24, 2.45) is 0 Å². The molecule has 3 heterocycles. The van der Waals surface area contributed by atoms with Gasteiger partial charge in [0, 0.05) is 24.1 Å². The highest BCUT2D eigenvalue weighted by Gasteiger charge is 2.25. The van der Waals surface area contributed by atoms with Gasteiger partial charge in [0.15, 0.2) is 10.8 Å². The summed E-state index contributed by atoms with van der Waals surface area (Å²) in [5, 5.41) is 5.14. The average molecular weight is 422 g/mol. The van der Waals surface area contributed by atoms with E-state index in [0.717, 1.165) is 21.5 Å². The largest absolute Gasteiger partial charge is 0.494 e. The Labute approximate surface area is 179 Å². The molecule has 8 heteroatoms. The minimum absolute atomic E-state index is 0.171. The lowest BCUT2D eigenvalue weighted by molar-refractivity contribution is 0.0979. The lowest BCUT2D eigenvalue weighted by atomic mass is 10.2. The molecule has 3 aromatic heterocycles. The van der Waals surface area contributed by atoms with E-state index in [1.165, 1.54) is 11.3 Å². The molecule has 0 atom stereocenters. The van der Waals surface area contributed by atoms with Gasteiger partial charge in [-0.2, -0.15) is 5.10 Å². The zero-order chi connectivity index (χ0) is 21.3. The molecule has 154 valence electrons. The molecule has 0 radical (unpaired) electrons. The summed E-state index contributed by atoms with van der Waals surface area (Å²) in [5.74, 6) is 0.489. The van der Waals surface area contributed by atoms with Gasteiger partial charge in [0.25, 0.3) is 5.91 Å². The summed E-state index contributed by atoms with van der Waals surface area (Å²) in [6, 6.07) is 11.6. The summed E-state index contributed by atoms with van der Waals surface area (Å²) in [4.78, 5) is 24.1. The topological polar surface area (TPSA) is 73.1 Å². The molecule has 1 aromatic carbocycles. The third-order valence-corrected chi connectivity index (χ3v) is 5.80. The number of nitrogens with zero attached hydrogens (tertiary/aromatic N) is 5. The van der Waals surface area contributed by atoms with Gasteiger partial charge in [-0.3, -0.25) is 19.4 Å². The highest BCUT2D eigenvalue weighted by molar-refractivity contribution is 7.22. The van der Waals surface area contributed by atoms with Gasteiger partial charge >= 0.3 is 0 Å². The van der Waals surface area contributed by atoms with Crippen molar-refractivity contribution in [2.45, 2.75) is 33.4 Å². The molecule has 0 saturated carbocycles. The van der Waals surface area contributed by atoms with Gasteiger partial charge in [-0.05, 0) is 50.6 Å². The summed E-state index contributed by atoms with van der Waals surface area (Å²) in [5.41, 5.74) is 3.00. The number of benzene rings is 1. The van der Waals surface area contributed by atoms with Gasteiger partial charge < -0.3 is 4.74 Å². The zero-order valence-corrected chi connectivity index (χ0v) is 18.2. The number of aryl methyl sites for hydroxylation is 1. The molecule has 0 saturated heterocycles. The van der Waals surface area contributed by atoms with E-state index in [1.54, 1.807) is 24.4 Å². The number of para-hydroxylation sites is 1. The van der Waals surface area contributed by atoms with Gasteiger partial charge in [0.1, 0.15) is 11.3 Å². The highest BCUT2D eigenvalue weighted by Crippen LogP contribution is 2.35. The van der Waals surface area contributed by atoms with Crippen LogP contribution in [0.4, 0.5) is 5.13 Å². The van der Waals surface area contributed by atoms with Gasteiger partial charge in [0.2, 0.25) is 0 Å². The molecular weight excluding hydrogens is 398 g/mol. The number of methoxy groups -OCH3 is 1. The van der Waals surface area contributed by atoms with Crippen LogP contribution in [0.5, 0.6) is 5.75 Å². The van der Waals surface area contributed by atoms with Gasteiger partial charge in [-0.15, -0.1) is 0 Å². The van der Waals surface area contributed by atoms with Crippen LogP contribution in [-0.2, 0) is 6.54 Å². The van der Waals surface area contributed by atoms with Crippen molar-refractivity contribution in [3.63, 3.8) is 0 Å². The lowest BCUT2D eigenvalue weighted by Gasteiger charge is -2.18. The Morgan fingerprint density at radius 1 is 1.27 bits per heavy atom. The fraction of sp³-hybridized carbons (Fsp3) is 0.273. The number of carbonyl (C=O) groups excluding carboxylic acids is 1. The first-order chi connectivity index (χ1) is 14.5. The van der Waals surface area contributed by atoms with Crippen LogP contribution in [0.25, 0.3) is 10.2 Å². The monoisotopic (exact) mass is 421 g/mol. The fourth-order valence-electron chi connectivity index (χ4n) is 3.35. The molecule has 4 aromatic rings. The van der Waals surface area contributed by atoms with E-state index >= 15 is 0 Å². The number of carbonyl (C=O) groups is 1. The Balaban J connectivity index is 1.78. The van der Waals surface area contributed by atoms with E-state index in [9.17, 15) is 4.79 Å². The summed E-state index contributed by atoms with van der Waals surface area (Å²) >= 11 is 1.45. The van der Waals surface area contributed by atoms with Crippen LogP contribution in [0.3, 0.4) is 0 Å². The molecule has 30 heavy (non-hydrogen) atoms. The molecule has 0 bridgehead atoms. The van der Waals surface area contributed by atoms with Crippen molar-refractivity contribution in [3.05, 3.63) is 65.7 Å². The first-order valence-electron chi connectivity index (χ1n) is 9.68. The summed E-state index contributed by atoms with van der Waals surface area (Å²) in [6.45, 7) is 6.39. The van der Waals surface area contributed by atoms with E-state index < -0.39 is 0 Å². The second-order valence-electron chi connectivity index (χ2n) is 7.27. The SMILES string of the molecule is COc1cccc2sc(N(Cc3cccnc3)C(=O)c3cc(C)n(C(C)C)n3)nc12. The molecule has 7 nitrogen and oxygen atoms in total. The summed E-state index contributed by atoms with van der Waals surface area (Å²) < 4.78 is 8.26. The van der Waals surface area contributed by atoms with Crippen LogP contribution in [0.2, 0.25) is 0 Å². The third kappa shape index (κ3) is 3.78. The second kappa shape index (κ2) is 8.23. The normalized spacial score (nSPS) is 11.2. The Hall–Kier alpha value is -3.26. The Morgan fingerprint density at radius 2 is 2.10 bits per heavy atom. The fourth-order valence-corrected chi connectivity index (χ4v) is 4.33. The van der Waals surface area contributed by atoms with E-state index in [4.69, 9.17) is 9.72 Å². The lowest BCUT2D eigenvalue weighted by Crippen LogP contribution is -2.31. The minimum Gasteiger partial charge on any atom is -0.494 e. The number of ether oxygens (including phenoxy) is 1. The molecule has 4 rings (SSSR count). The predicted octanol–water partition coefficient (Wildman–Crippen LogP) is 4.63. The maximum absolute atomic E-state index is 13.5. The van der Waals surface area contributed by atoms with Crippen LogP contribution >= 0.6 is 11.3 Å². The molecule has 1 amide bonds. The molecule has 0 aliphatic heterocycles. The number of aromatic nitrogens is 4. The maximum Gasteiger partial charge on any atom is 0.280 e. The molecule has 0 aliphatic rings. The van der Waals surface area contributed by atoms with Crippen LogP contribution in [0.1, 0.15) is 41.6 Å². The van der Waals surface area contributed by atoms with Crippen LogP contribution in [0, 0.1) is 6.92 Å². The van der Waals surface area contributed by atoms with Crippen molar-refractivity contribution in [1.29, 1.82) is 0 Å². The number of fused-ring (bicyclic) bond motifs is 1. The average Bonchev–Trinajstić information content (AvgIpc) is 3.35. The maximum atomic E-state index is 13.5. The van der Waals surface area contributed by atoms with Crippen molar-refractivity contribution in [1.82, 2.24) is 19.7 Å². The van der Waals surface area contributed by atoms with Gasteiger partial charge in [-0.1, -0.05) is 23.5 Å². The standard InChI is InChI=1S/C22H23N5O2S/c1-14(2)27-15(3)11-17(25-27)21(28)26(13-16-7-6-10-23-12-16)22-24-20-18(29-4)8-5-9-19(20)30-22/h5-12,14H,13H2,1-4H3. The molecule has 0 fully saturated rings. The molecule has 0 unspecified atom stereocenters. The quantitative estimate of drug-likeness (QED) is 0.454. The van der Waals surface area contributed by atoms with Crippen molar-refractivity contribution < 1.29 is 9.53 Å². The Bertz CT molecular complexity index is 1180. The molecule has 0 N–H and O–H groups in total. The van der Waals surface area contributed by atoms with E-state index in [1.807, 2.05) is 61.9 Å². The molecule has 0 spiro atoms. The second-order valence-corrected chi connectivity index (χ2v) is 8.27. The van der Waals surface area contributed by atoms with Crippen LogP contribution < -0.4 is 9.64 Å². The van der Waals surface area contributed by atoms with Crippen LogP contribution in [-0.4, -0.2) is 32.8 Å². The van der Waals surface area contributed by atoms with Crippen molar-refractivity contribution in [2.75, 3.05) is 12.0 Å². The summed E-state index contributed by atoms with van der Waals surface area (Å²) in [6.07, 6.45) is 3.47. The van der Waals surface area contributed by atoms with Crippen LogP contribution in [0.15, 0.2) is 48.8 Å². The smallest absolute Gasteiger partial charge is 0.280 e. The minimum atomic E-state index is -0.195. The molecular formula is C22H23N5O2S. The van der Waals surface area contributed by atoms with E-state index in [0.29, 0.717) is 23.1 Å². The number of pyridine rings is 1. The van der Waals surface area contributed by atoms with E-state index in [-0.39, 0.29) is 11.9 Å². The van der Waals surface area contributed by atoms with E-state index in [2.05, 4.69) is 10.1 Å². The van der Waals surface area contributed by atoms with Crippen molar-refractivity contribution >= 4 is 32.6 Å². The Kier molecular flexibility index (Phi) is 5.50. The number of hydrogen-bond donors (Lipinski definition) is 0. The summed E-state index contributed by atoms with van der Waals surface area (Å²) in [7, 11) is 1.62. The number of anilines is 1. The van der Waals surface area contributed by atoms with Gasteiger partial charge in [-0.25, -0.2) is 4.98 Å². The first-order valence-corrected chi connectivity index (χ1v) is 10.5. The third-order valence-electron chi connectivity index (χ3n) is 4.76. The number of rotatable bonds is 6. The highest BCUT2D eigenvalue weighted by atomic mass is 32.1. The number of thiazole rings is 1. The number of hydrogen-bond acceptors (Lipinski definition) is 6. The Morgan fingerprint density at radius 3 is 2.77 bits per heavy atom. The zero-order valence-electron chi connectivity index (χ0n) is 17.4.